The minimum absolute atomic E-state index is 0.256. The Kier molecular flexibility index (Phi) is 3.72. The molecule has 0 N–H and O–H groups in total. The molecule has 6 heteroatoms. The minimum atomic E-state index is -0.842. The lowest BCUT2D eigenvalue weighted by atomic mass is 10.2. The van der Waals surface area contributed by atoms with Gasteiger partial charge in [-0.1, -0.05) is 70.1 Å². The molecule has 1 aromatic heterocycles. The normalized spacial score (nSPS) is 11.4. The van der Waals surface area contributed by atoms with Gasteiger partial charge in [-0.25, -0.2) is 4.98 Å². The van der Waals surface area contributed by atoms with Gasteiger partial charge < -0.3 is 0 Å². The number of hydrogen-bond donors (Lipinski definition) is 0. The molecule has 1 nitrogen and oxygen atoms in total. The Morgan fingerprint density at radius 2 is 1.69 bits per heavy atom. The van der Waals surface area contributed by atoms with Gasteiger partial charge in [0, 0.05) is 5.39 Å². The summed E-state index contributed by atoms with van der Waals surface area (Å²) in [5.41, 5.74) is 0.857. The Morgan fingerprint density at radius 3 is 2.31 bits per heavy atom. The van der Waals surface area contributed by atoms with E-state index in [0.29, 0.717) is 26.6 Å². The molecule has 2 aromatic rings. The molecule has 0 saturated carbocycles. The number of alkyl halides is 2. The number of halogens is 5. The summed E-state index contributed by atoms with van der Waals surface area (Å²) in [5.74, 6) is 0. The third kappa shape index (κ3) is 2.07. The zero-order valence-electron chi connectivity index (χ0n) is 7.65. The Balaban J connectivity index is 2.89. The molecular formula is C10H4Cl5N. The van der Waals surface area contributed by atoms with Crippen LogP contribution in [0, 0.1) is 0 Å². The fraction of sp³-hybridized carbons (Fsp3) is 0.100. The molecule has 1 heterocycles. The van der Waals surface area contributed by atoms with Gasteiger partial charge in [0.15, 0.2) is 4.84 Å². The van der Waals surface area contributed by atoms with E-state index < -0.39 is 4.84 Å². The van der Waals surface area contributed by atoms with Gasteiger partial charge in [0.1, 0.15) is 0 Å². The summed E-state index contributed by atoms with van der Waals surface area (Å²) in [6, 6.07) is 5.26. The quantitative estimate of drug-likeness (QED) is 0.618. The Hall–Kier alpha value is 0.0800. The first-order chi connectivity index (χ1) is 7.52. The van der Waals surface area contributed by atoms with Crippen molar-refractivity contribution >= 4 is 68.9 Å². The van der Waals surface area contributed by atoms with Crippen LogP contribution in [0.5, 0.6) is 0 Å². The molecule has 0 aliphatic rings. The molecule has 0 spiro atoms. The molecule has 0 saturated heterocycles. The smallest absolute Gasteiger partial charge is 0.151 e. The van der Waals surface area contributed by atoms with Gasteiger partial charge in [-0.2, -0.15) is 0 Å². The number of rotatable bonds is 1. The van der Waals surface area contributed by atoms with Crippen molar-refractivity contribution in [2.75, 3.05) is 0 Å². The fourth-order valence-corrected chi connectivity index (χ4v) is 2.50. The zero-order chi connectivity index (χ0) is 11.9. The second kappa shape index (κ2) is 4.75. The van der Waals surface area contributed by atoms with Crippen LogP contribution in [0.15, 0.2) is 18.2 Å². The number of pyridine rings is 1. The zero-order valence-corrected chi connectivity index (χ0v) is 11.4. The lowest BCUT2D eigenvalue weighted by Crippen LogP contribution is -1.93. The van der Waals surface area contributed by atoms with Crippen molar-refractivity contribution in [3.63, 3.8) is 0 Å². The summed E-state index contributed by atoms with van der Waals surface area (Å²) in [7, 11) is 0. The van der Waals surface area contributed by atoms with Gasteiger partial charge in [0.05, 0.1) is 26.3 Å². The summed E-state index contributed by atoms with van der Waals surface area (Å²) in [6.07, 6.45) is 0. The van der Waals surface area contributed by atoms with Crippen LogP contribution in [0.4, 0.5) is 0 Å². The average Bonchev–Trinajstić information content (AvgIpc) is 2.23. The molecule has 2 rings (SSSR count). The fourth-order valence-electron chi connectivity index (χ4n) is 1.35. The summed E-state index contributed by atoms with van der Waals surface area (Å²) in [5, 5.41) is 1.77. The van der Waals surface area contributed by atoms with Crippen LogP contribution in [-0.4, -0.2) is 4.98 Å². The van der Waals surface area contributed by atoms with E-state index in [-0.39, 0.29) is 5.02 Å². The van der Waals surface area contributed by atoms with Crippen LogP contribution < -0.4 is 0 Å². The molecule has 0 fully saturated rings. The van der Waals surface area contributed by atoms with Crippen LogP contribution in [0.3, 0.4) is 0 Å². The van der Waals surface area contributed by atoms with Crippen LogP contribution >= 0.6 is 58.0 Å². The van der Waals surface area contributed by atoms with Crippen molar-refractivity contribution < 1.29 is 0 Å². The molecular weight excluding hydrogens is 311 g/mol. The Labute approximate surface area is 117 Å². The minimum Gasteiger partial charge on any atom is -0.247 e. The topological polar surface area (TPSA) is 12.9 Å². The number of aromatic nitrogens is 1. The molecule has 0 unspecified atom stereocenters. The highest BCUT2D eigenvalue weighted by Crippen LogP contribution is 2.39. The van der Waals surface area contributed by atoms with E-state index in [4.69, 9.17) is 58.0 Å². The first kappa shape index (κ1) is 12.5. The lowest BCUT2D eigenvalue weighted by Gasteiger charge is -2.09. The van der Waals surface area contributed by atoms with Crippen molar-refractivity contribution in [3.05, 3.63) is 39.0 Å². The number of benzene rings is 1. The monoisotopic (exact) mass is 313 g/mol. The van der Waals surface area contributed by atoms with E-state index in [9.17, 15) is 0 Å². The Bertz CT molecular complexity index is 552. The van der Waals surface area contributed by atoms with Crippen molar-refractivity contribution in [1.29, 1.82) is 0 Å². The third-order valence-electron chi connectivity index (χ3n) is 2.08. The van der Waals surface area contributed by atoms with Gasteiger partial charge >= 0.3 is 0 Å². The van der Waals surface area contributed by atoms with E-state index in [1.165, 1.54) is 0 Å². The first-order valence-corrected chi connectivity index (χ1v) is 6.24. The maximum atomic E-state index is 6.10. The molecule has 84 valence electrons. The number of hydrogen-bond acceptors (Lipinski definition) is 1. The van der Waals surface area contributed by atoms with E-state index >= 15 is 0 Å². The van der Waals surface area contributed by atoms with E-state index in [0.717, 1.165) is 0 Å². The number of para-hydroxylation sites is 1. The number of nitrogens with zero attached hydrogens (tertiary/aromatic N) is 1. The van der Waals surface area contributed by atoms with E-state index in [2.05, 4.69) is 4.98 Å². The van der Waals surface area contributed by atoms with Crippen LogP contribution in [-0.2, 0) is 0 Å². The SMILES string of the molecule is Clc1c(C(Cl)Cl)nc2c(Cl)cccc2c1Cl. The van der Waals surface area contributed by atoms with Crippen molar-refractivity contribution in [2.24, 2.45) is 0 Å². The van der Waals surface area contributed by atoms with Crippen LogP contribution in [0.1, 0.15) is 10.5 Å². The van der Waals surface area contributed by atoms with Gasteiger partial charge in [-0.15, -0.1) is 0 Å². The maximum absolute atomic E-state index is 6.10. The summed E-state index contributed by atoms with van der Waals surface area (Å²) in [6.45, 7) is 0. The Morgan fingerprint density at radius 1 is 1.00 bits per heavy atom. The van der Waals surface area contributed by atoms with Crippen molar-refractivity contribution in [2.45, 2.75) is 4.84 Å². The number of fused-ring (bicyclic) bond motifs is 1. The largest absolute Gasteiger partial charge is 0.247 e. The van der Waals surface area contributed by atoms with Gasteiger partial charge in [0.25, 0.3) is 0 Å². The second-order valence-electron chi connectivity index (χ2n) is 3.06. The summed E-state index contributed by atoms with van der Waals surface area (Å²) in [4.78, 5) is 3.38. The van der Waals surface area contributed by atoms with Gasteiger partial charge in [-0.3, -0.25) is 0 Å². The second-order valence-corrected chi connectivity index (χ2v) is 5.32. The molecule has 0 radical (unpaired) electrons. The molecule has 0 bridgehead atoms. The molecule has 16 heavy (non-hydrogen) atoms. The van der Waals surface area contributed by atoms with Crippen molar-refractivity contribution in [3.8, 4) is 0 Å². The molecule has 1 aromatic carbocycles. The van der Waals surface area contributed by atoms with Crippen molar-refractivity contribution in [1.82, 2.24) is 4.98 Å². The van der Waals surface area contributed by atoms with Gasteiger partial charge in [0.2, 0.25) is 0 Å². The first-order valence-electron chi connectivity index (χ1n) is 4.23. The highest BCUT2D eigenvalue weighted by molar-refractivity contribution is 6.49. The predicted octanol–water partition coefficient (Wildman–Crippen LogP) is 5.67. The third-order valence-corrected chi connectivity index (χ3v) is 3.67. The average molecular weight is 315 g/mol. The van der Waals surface area contributed by atoms with Gasteiger partial charge in [-0.05, 0) is 6.07 Å². The lowest BCUT2D eigenvalue weighted by molar-refractivity contribution is 1.19. The molecule has 0 amide bonds. The molecule has 0 aliphatic heterocycles. The van der Waals surface area contributed by atoms with Crippen LogP contribution in [0.2, 0.25) is 15.1 Å². The van der Waals surface area contributed by atoms with Crippen LogP contribution in [0.25, 0.3) is 10.9 Å². The molecule has 0 atom stereocenters. The predicted molar refractivity (Wildman–Crippen MR) is 71.2 cm³/mol. The highest BCUT2D eigenvalue weighted by atomic mass is 35.5. The summed E-state index contributed by atoms with van der Waals surface area (Å²) < 4.78 is 0. The standard InChI is InChI=1S/C10H4Cl5N/c11-5-3-1-2-4-6(12)7(13)9(10(14)15)16-8(4)5/h1-3,10H. The van der Waals surface area contributed by atoms with E-state index in [1.807, 2.05) is 0 Å². The van der Waals surface area contributed by atoms with E-state index in [1.54, 1.807) is 18.2 Å². The molecule has 0 aliphatic carbocycles. The summed E-state index contributed by atoms with van der Waals surface area (Å²) >= 11 is 29.6. The maximum Gasteiger partial charge on any atom is 0.151 e. The highest BCUT2D eigenvalue weighted by Gasteiger charge is 2.17.